The Labute approximate surface area is 141 Å². The van der Waals surface area contributed by atoms with Crippen molar-refractivity contribution in [3.05, 3.63) is 0 Å². The Hall–Kier alpha value is -0.820. The van der Waals surface area contributed by atoms with E-state index in [0.29, 0.717) is 31.5 Å². The Morgan fingerprint density at radius 3 is 2.33 bits per heavy atom. The molecule has 0 radical (unpaired) electrons. The topological polar surface area (TPSA) is 49.6 Å². The molecule has 2 N–H and O–H groups in total. The lowest BCUT2D eigenvalue weighted by atomic mass is 9.65. The van der Waals surface area contributed by atoms with E-state index in [2.05, 4.69) is 0 Å². The predicted molar refractivity (Wildman–Crippen MR) is 85.2 cm³/mol. The van der Waals surface area contributed by atoms with E-state index < -0.39 is 12.7 Å². The zero-order chi connectivity index (χ0) is 17.5. The molecule has 24 heavy (non-hydrogen) atoms. The number of alkyl halides is 3. The number of fused-ring (bicyclic) bond motifs is 2. The number of hydrogen-bond acceptors (Lipinski definition) is 3. The lowest BCUT2D eigenvalue weighted by Gasteiger charge is -2.46. The van der Waals surface area contributed by atoms with E-state index in [1.807, 2.05) is 0 Å². The van der Waals surface area contributed by atoms with Crippen molar-refractivity contribution in [3.8, 4) is 0 Å². The molecule has 7 heteroatoms. The van der Waals surface area contributed by atoms with Crippen LogP contribution in [0.2, 0.25) is 0 Å². The molecule has 0 aromatic rings. The van der Waals surface area contributed by atoms with Gasteiger partial charge in [-0.25, -0.2) is 0 Å². The second-order valence-electron chi connectivity index (χ2n) is 7.92. The van der Waals surface area contributed by atoms with Gasteiger partial charge < -0.3 is 10.6 Å². The van der Waals surface area contributed by atoms with Crippen molar-refractivity contribution in [1.29, 1.82) is 0 Å². The molecule has 138 valence electrons. The molecule has 3 fully saturated rings. The SMILES string of the molecule is CC1CN(C(=O)C2CC3CCCC(C2)C3N)CCN1CC(F)(F)F. The maximum Gasteiger partial charge on any atom is 0.401 e. The number of amides is 1. The number of rotatable bonds is 2. The average Bonchev–Trinajstić information content (AvgIpc) is 2.47. The average molecular weight is 347 g/mol. The van der Waals surface area contributed by atoms with Crippen LogP contribution >= 0.6 is 0 Å². The smallest absolute Gasteiger partial charge is 0.340 e. The highest BCUT2D eigenvalue weighted by Gasteiger charge is 2.43. The third-order valence-corrected chi connectivity index (χ3v) is 6.22. The number of piperazine rings is 1. The summed E-state index contributed by atoms with van der Waals surface area (Å²) in [7, 11) is 0. The molecule has 0 aromatic carbocycles. The number of carbonyl (C=O) groups is 1. The molecule has 1 aliphatic heterocycles. The van der Waals surface area contributed by atoms with E-state index in [-0.39, 0.29) is 23.9 Å². The number of hydrogen-bond donors (Lipinski definition) is 1. The number of halogens is 3. The van der Waals surface area contributed by atoms with Crippen LogP contribution in [0.1, 0.15) is 39.0 Å². The number of carbonyl (C=O) groups excluding carboxylic acids is 1. The monoisotopic (exact) mass is 347 g/mol. The first-order chi connectivity index (χ1) is 11.2. The van der Waals surface area contributed by atoms with Gasteiger partial charge in [0.1, 0.15) is 0 Å². The molecule has 3 atom stereocenters. The highest BCUT2D eigenvalue weighted by Crippen LogP contribution is 2.42. The summed E-state index contributed by atoms with van der Waals surface area (Å²) < 4.78 is 37.8. The minimum atomic E-state index is -4.18. The zero-order valence-electron chi connectivity index (χ0n) is 14.3. The third-order valence-electron chi connectivity index (χ3n) is 6.22. The lowest BCUT2D eigenvalue weighted by Crippen LogP contribution is -2.57. The summed E-state index contributed by atoms with van der Waals surface area (Å²) in [6.45, 7) is 1.98. The second-order valence-corrected chi connectivity index (χ2v) is 7.92. The summed E-state index contributed by atoms with van der Waals surface area (Å²) in [6, 6.07) is -0.0278. The zero-order valence-corrected chi connectivity index (χ0v) is 14.3. The fourth-order valence-electron chi connectivity index (χ4n) is 4.91. The molecule has 2 bridgehead atoms. The van der Waals surface area contributed by atoms with Crippen molar-refractivity contribution in [3.63, 3.8) is 0 Å². The maximum absolute atomic E-state index is 12.9. The summed E-state index contributed by atoms with van der Waals surface area (Å²) >= 11 is 0. The van der Waals surface area contributed by atoms with Crippen molar-refractivity contribution in [1.82, 2.24) is 9.80 Å². The standard InChI is InChI=1S/C17H28F3N3O/c1-11-9-22(5-6-23(11)10-17(18,19)20)16(24)14-7-12-3-2-4-13(8-14)15(12)21/h11-15H,2-10,21H2,1H3. The van der Waals surface area contributed by atoms with Gasteiger partial charge in [0.15, 0.2) is 0 Å². The van der Waals surface area contributed by atoms with Crippen molar-refractivity contribution >= 4 is 5.91 Å². The van der Waals surface area contributed by atoms with Crippen LogP contribution < -0.4 is 5.73 Å². The van der Waals surface area contributed by atoms with E-state index in [4.69, 9.17) is 5.73 Å². The maximum atomic E-state index is 12.9. The highest BCUT2D eigenvalue weighted by atomic mass is 19.4. The second kappa shape index (κ2) is 6.83. The van der Waals surface area contributed by atoms with Gasteiger partial charge in [-0.15, -0.1) is 0 Å². The van der Waals surface area contributed by atoms with E-state index in [0.717, 1.165) is 25.7 Å². The van der Waals surface area contributed by atoms with Gasteiger partial charge in [0.05, 0.1) is 6.54 Å². The van der Waals surface area contributed by atoms with Gasteiger partial charge in [-0.3, -0.25) is 9.69 Å². The Balaban J connectivity index is 1.57. The van der Waals surface area contributed by atoms with Gasteiger partial charge in [-0.2, -0.15) is 13.2 Å². The molecular weight excluding hydrogens is 319 g/mol. The quantitative estimate of drug-likeness (QED) is 0.833. The fraction of sp³-hybridized carbons (Fsp3) is 0.941. The van der Waals surface area contributed by atoms with Crippen LogP contribution in [-0.4, -0.2) is 60.1 Å². The largest absolute Gasteiger partial charge is 0.401 e. The van der Waals surface area contributed by atoms with Crippen LogP contribution in [0.5, 0.6) is 0 Å². The van der Waals surface area contributed by atoms with Crippen LogP contribution in [0.3, 0.4) is 0 Å². The van der Waals surface area contributed by atoms with Crippen molar-refractivity contribution in [2.75, 3.05) is 26.2 Å². The minimum Gasteiger partial charge on any atom is -0.340 e. The number of nitrogens with two attached hydrogens (primary N) is 1. The molecule has 2 aliphatic carbocycles. The van der Waals surface area contributed by atoms with Crippen molar-refractivity contribution in [2.24, 2.45) is 23.5 Å². The van der Waals surface area contributed by atoms with E-state index in [1.165, 1.54) is 11.3 Å². The van der Waals surface area contributed by atoms with Gasteiger partial charge in [-0.1, -0.05) is 6.42 Å². The lowest BCUT2D eigenvalue weighted by molar-refractivity contribution is -0.159. The van der Waals surface area contributed by atoms with Gasteiger partial charge in [0.25, 0.3) is 0 Å². The fourth-order valence-corrected chi connectivity index (χ4v) is 4.91. The summed E-state index contributed by atoms with van der Waals surface area (Å²) in [4.78, 5) is 16.1. The Morgan fingerprint density at radius 1 is 1.17 bits per heavy atom. The molecule has 4 nitrogen and oxygen atoms in total. The van der Waals surface area contributed by atoms with Crippen LogP contribution in [0.15, 0.2) is 0 Å². The molecule has 0 spiro atoms. The summed E-state index contributed by atoms with van der Waals surface area (Å²) in [6.07, 6.45) is 0.949. The molecule has 2 saturated carbocycles. The molecule has 1 saturated heterocycles. The Kier molecular flexibility index (Phi) is 5.12. The van der Waals surface area contributed by atoms with Crippen molar-refractivity contribution < 1.29 is 18.0 Å². The van der Waals surface area contributed by atoms with Crippen LogP contribution in [0.4, 0.5) is 13.2 Å². The molecule has 1 heterocycles. The van der Waals surface area contributed by atoms with Crippen LogP contribution in [0.25, 0.3) is 0 Å². The summed E-state index contributed by atoms with van der Waals surface area (Å²) in [5, 5.41) is 0. The van der Waals surface area contributed by atoms with Crippen LogP contribution in [0, 0.1) is 17.8 Å². The minimum absolute atomic E-state index is 0.0152. The van der Waals surface area contributed by atoms with Gasteiger partial charge in [-0.05, 0) is 44.4 Å². The molecular formula is C17H28F3N3O. The van der Waals surface area contributed by atoms with E-state index in [9.17, 15) is 18.0 Å². The molecule has 1 amide bonds. The summed E-state index contributed by atoms with van der Waals surface area (Å²) in [5.74, 6) is 1.03. The Bertz CT molecular complexity index is 456. The van der Waals surface area contributed by atoms with E-state index in [1.54, 1.807) is 11.8 Å². The Morgan fingerprint density at radius 2 is 1.79 bits per heavy atom. The molecule has 3 unspecified atom stereocenters. The first kappa shape index (κ1) is 18.0. The first-order valence-electron chi connectivity index (χ1n) is 9.10. The van der Waals surface area contributed by atoms with Gasteiger partial charge in [0.2, 0.25) is 5.91 Å². The predicted octanol–water partition coefficient (Wildman–Crippen LogP) is 2.24. The first-order valence-corrected chi connectivity index (χ1v) is 9.10. The molecule has 3 rings (SSSR count). The molecule has 3 aliphatic rings. The van der Waals surface area contributed by atoms with Gasteiger partial charge in [0, 0.05) is 37.6 Å². The molecule has 0 aromatic heterocycles. The van der Waals surface area contributed by atoms with Crippen LogP contribution in [-0.2, 0) is 4.79 Å². The van der Waals surface area contributed by atoms with Crippen molar-refractivity contribution in [2.45, 2.75) is 57.3 Å². The number of nitrogens with zero attached hydrogens (tertiary/aromatic N) is 2. The van der Waals surface area contributed by atoms with Gasteiger partial charge >= 0.3 is 6.18 Å². The third kappa shape index (κ3) is 3.87. The van der Waals surface area contributed by atoms with E-state index >= 15 is 0 Å². The summed E-state index contributed by atoms with van der Waals surface area (Å²) in [5.41, 5.74) is 6.29. The highest BCUT2D eigenvalue weighted by molar-refractivity contribution is 5.79. The normalized spacial score (nSPS) is 38.2.